The lowest BCUT2D eigenvalue weighted by Crippen LogP contribution is -1.91. The summed E-state index contributed by atoms with van der Waals surface area (Å²) in [5, 5.41) is 0.568. The maximum Gasteiger partial charge on any atom is 0.219 e. The summed E-state index contributed by atoms with van der Waals surface area (Å²) in [6.45, 7) is 1.97. The number of aryl methyl sites for hydroxylation is 1. The Bertz CT molecular complexity index is 497. The van der Waals surface area contributed by atoms with Gasteiger partial charge in [0.2, 0.25) is 5.88 Å². The van der Waals surface area contributed by atoms with Crippen molar-refractivity contribution in [3.05, 3.63) is 47.1 Å². The van der Waals surface area contributed by atoms with Crippen molar-refractivity contribution in [2.24, 2.45) is 0 Å². The first kappa shape index (κ1) is 10.8. The fourth-order valence-electron chi connectivity index (χ4n) is 1.25. The molecule has 3 nitrogen and oxygen atoms in total. The lowest BCUT2D eigenvalue weighted by molar-refractivity contribution is 0.463. The number of hydrogen-bond acceptors (Lipinski definition) is 3. The van der Waals surface area contributed by atoms with Gasteiger partial charge in [-0.2, -0.15) is 0 Å². The molecular weight excluding hydrogens is 224 g/mol. The van der Waals surface area contributed by atoms with Gasteiger partial charge < -0.3 is 10.5 Å². The number of rotatable bonds is 2. The highest BCUT2D eigenvalue weighted by Gasteiger charge is 2.03. The van der Waals surface area contributed by atoms with Crippen molar-refractivity contribution in [2.45, 2.75) is 6.92 Å². The van der Waals surface area contributed by atoms with E-state index >= 15 is 0 Å². The molecule has 2 N–H and O–H groups in total. The van der Waals surface area contributed by atoms with Crippen molar-refractivity contribution in [3.63, 3.8) is 0 Å². The van der Waals surface area contributed by atoms with Crippen LogP contribution in [-0.2, 0) is 0 Å². The van der Waals surface area contributed by atoms with E-state index in [1.807, 2.05) is 25.1 Å². The van der Waals surface area contributed by atoms with E-state index in [0.29, 0.717) is 22.3 Å². The molecule has 0 atom stereocenters. The standard InChI is InChI=1S/C12H11ClN2O/c1-8-2-4-11(10(13)6-8)16-12-5-3-9(14)7-15-12/h2-7H,14H2,1H3. The number of halogens is 1. The molecule has 16 heavy (non-hydrogen) atoms. The second-order valence-corrected chi connectivity index (χ2v) is 3.87. The predicted molar refractivity (Wildman–Crippen MR) is 64.9 cm³/mol. The summed E-state index contributed by atoms with van der Waals surface area (Å²) in [4.78, 5) is 4.03. The molecule has 0 aliphatic heterocycles. The van der Waals surface area contributed by atoms with Gasteiger partial charge in [-0.05, 0) is 30.7 Å². The highest BCUT2D eigenvalue weighted by atomic mass is 35.5. The van der Waals surface area contributed by atoms with Crippen LogP contribution in [0.4, 0.5) is 5.69 Å². The van der Waals surface area contributed by atoms with Crippen LogP contribution in [0.3, 0.4) is 0 Å². The van der Waals surface area contributed by atoms with Gasteiger partial charge in [-0.1, -0.05) is 17.7 Å². The first-order valence-electron chi connectivity index (χ1n) is 4.81. The van der Waals surface area contributed by atoms with Gasteiger partial charge in [0.25, 0.3) is 0 Å². The fourth-order valence-corrected chi connectivity index (χ4v) is 1.53. The summed E-state index contributed by atoms with van der Waals surface area (Å²) in [5.41, 5.74) is 7.21. The van der Waals surface area contributed by atoms with E-state index < -0.39 is 0 Å². The number of pyridine rings is 1. The molecule has 0 aliphatic rings. The number of nitrogen functional groups attached to an aromatic ring is 1. The normalized spacial score (nSPS) is 10.1. The van der Waals surface area contributed by atoms with Crippen LogP contribution in [0.5, 0.6) is 11.6 Å². The van der Waals surface area contributed by atoms with Crippen LogP contribution in [0.2, 0.25) is 5.02 Å². The second kappa shape index (κ2) is 4.41. The maximum absolute atomic E-state index is 6.03. The molecule has 2 aromatic rings. The number of ether oxygens (including phenoxy) is 1. The molecule has 1 heterocycles. The molecule has 1 aromatic carbocycles. The van der Waals surface area contributed by atoms with Gasteiger partial charge in [0.15, 0.2) is 0 Å². The van der Waals surface area contributed by atoms with Crippen LogP contribution in [-0.4, -0.2) is 4.98 Å². The first-order chi connectivity index (χ1) is 7.65. The van der Waals surface area contributed by atoms with Crippen LogP contribution < -0.4 is 10.5 Å². The molecule has 4 heteroatoms. The highest BCUT2D eigenvalue weighted by molar-refractivity contribution is 6.32. The summed E-state index contributed by atoms with van der Waals surface area (Å²) in [5.74, 6) is 1.06. The number of hydrogen-bond donors (Lipinski definition) is 1. The predicted octanol–water partition coefficient (Wildman–Crippen LogP) is 3.42. The SMILES string of the molecule is Cc1ccc(Oc2ccc(N)cn2)c(Cl)c1. The zero-order valence-electron chi connectivity index (χ0n) is 8.77. The van der Waals surface area contributed by atoms with Gasteiger partial charge >= 0.3 is 0 Å². The average Bonchev–Trinajstić information content (AvgIpc) is 2.25. The van der Waals surface area contributed by atoms with E-state index in [2.05, 4.69) is 4.98 Å². The zero-order valence-corrected chi connectivity index (χ0v) is 9.53. The third kappa shape index (κ3) is 2.44. The summed E-state index contributed by atoms with van der Waals surface area (Å²) < 4.78 is 5.52. The maximum atomic E-state index is 6.03. The van der Waals surface area contributed by atoms with E-state index in [-0.39, 0.29) is 0 Å². The van der Waals surface area contributed by atoms with Crippen LogP contribution in [0, 0.1) is 6.92 Å². The lowest BCUT2D eigenvalue weighted by atomic mass is 10.2. The summed E-state index contributed by atoms with van der Waals surface area (Å²) in [6.07, 6.45) is 1.54. The number of nitrogens with zero attached hydrogens (tertiary/aromatic N) is 1. The van der Waals surface area contributed by atoms with Gasteiger partial charge in [0, 0.05) is 6.07 Å². The second-order valence-electron chi connectivity index (χ2n) is 3.47. The Labute approximate surface area is 98.8 Å². The average molecular weight is 235 g/mol. The van der Waals surface area contributed by atoms with Gasteiger partial charge in [-0.15, -0.1) is 0 Å². The monoisotopic (exact) mass is 234 g/mol. The molecular formula is C12H11ClN2O. The quantitative estimate of drug-likeness (QED) is 0.866. The molecule has 0 spiro atoms. The number of anilines is 1. The molecule has 0 aliphatic carbocycles. The number of nitrogens with two attached hydrogens (primary N) is 1. The minimum atomic E-state index is 0.472. The third-order valence-electron chi connectivity index (χ3n) is 2.06. The Kier molecular flexibility index (Phi) is 2.97. The Morgan fingerprint density at radius 3 is 2.69 bits per heavy atom. The zero-order chi connectivity index (χ0) is 11.5. The smallest absolute Gasteiger partial charge is 0.219 e. The third-order valence-corrected chi connectivity index (χ3v) is 2.36. The Morgan fingerprint density at radius 1 is 1.25 bits per heavy atom. The summed E-state index contributed by atoms with van der Waals surface area (Å²) >= 11 is 6.03. The molecule has 0 radical (unpaired) electrons. The minimum absolute atomic E-state index is 0.472. The molecule has 0 bridgehead atoms. The summed E-state index contributed by atoms with van der Waals surface area (Å²) in [7, 11) is 0. The Hall–Kier alpha value is -1.74. The summed E-state index contributed by atoms with van der Waals surface area (Å²) in [6, 6.07) is 9.01. The van der Waals surface area contributed by atoms with Gasteiger partial charge in [-0.25, -0.2) is 4.98 Å². The largest absolute Gasteiger partial charge is 0.437 e. The topological polar surface area (TPSA) is 48.1 Å². The molecule has 82 valence electrons. The van der Waals surface area contributed by atoms with Crippen LogP contribution in [0.25, 0.3) is 0 Å². The van der Waals surface area contributed by atoms with Crippen molar-refractivity contribution in [1.29, 1.82) is 0 Å². The van der Waals surface area contributed by atoms with Crippen molar-refractivity contribution in [3.8, 4) is 11.6 Å². The molecule has 1 aromatic heterocycles. The molecule has 0 unspecified atom stereocenters. The van der Waals surface area contributed by atoms with Gasteiger partial charge in [-0.3, -0.25) is 0 Å². The van der Waals surface area contributed by atoms with E-state index in [1.165, 1.54) is 6.20 Å². The van der Waals surface area contributed by atoms with E-state index in [1.54, 1.807) is 12.1 Å². The van der Waals surface area contributed by atoms with Crippen molar-refractivity contribution in [2.75, 3.05) is 5.73 Å². The molecule has 0 fully saturated rings. The minimum Gasteiger partial charge on any atom is -0.437 e. The molecule has 0 saturated heterocycles. The van der Waals surface area contributed by atoms with Crippen molar-refractivity contribution in [1.82, 2.24) is 4.98 Å². The van der Waals surface area contributed by atoms with Crippen molar-refractivity contribution < 1.29 is 4.74 Å². The van der Waals surface area contributed by atoms with Crippen LogP contribution in [0.15, 0.2) is 36.5 Å². The first-order valence-corrected chi connectivity index (χ1v) is 5.18. The van der Waals surface area contributed by atoms with Crippen LogP contribution in [0.1, 0.15) is 5.56 Å². The molecule has 0 saturated carbocycles. The fraction of sp³-hybridized carbons (Fsp3) is 0.0833. The molecule has 2 rings (SSSR count). The Balaban J connectivity index is 2.23. The number of benzene rings is 1. The van der Waals surface area contributed by atoms with Crippen molar-refractivity contribution >= 4 is 17.3 Å². The van der Waals surface area contributed by atoms with E-state index in [9.17, 15) is 0 Å². The van der Waals surface area contributed by atoms with Gasteiger partial charge in [0.05, 0.1) is 16.9 Å². The van der Waals surface area contributed by atoms with Crippen LogP contribution >= 0.6 is 11.6 Å². The Morgan fingerprint density at radius 2 is 2.06 bits per heavy atom. The highest BCUT2D eigenvalue weighted by Crippen LogP contribution is 2.29. The van der Waals surface area contributed by atoms with Gasteiger partial charge in [0.1, 0.15) is 5.75 Å². The van der Waals surface area contributed by atoms with E-state index in [4.69, 9.17) is 22.1 Å². The molecule has 0 amide bonds. The van der Waals surface area contributed by atoms with E-state index in [0.717, 1.165) is 5.56 Å². The lowest BCUT2D eigenvalue weighted by Gasteiger charge is -2.07. The number of aromatic nitrogens is 1.